The normalized spacial score (nSPS) is 15.4. The lowest BCUT2D eigenvalue weighted by atomic mass is 9.95. The molecule has 1 fully saturated rings. The molecule has 40 heavy (non-hydrogen) atoms. The van der Waals surface area contributed by atoms with Gasteiger partial charge in [-0.2, -0.15) is 0 Å². The summed E-state index contributed by atoms with van der Waals surface area (Å²) in [6.07, 6.45) is 8.37. The third-order valence-electron chi connectivity index (χ3n) is 7.36. The first kappa shape index (κ1) is 26.8. The molecule has 2 N–H and O–H groups in total. The van der Waals surface area contributed by atoms with Crippen LogP contribution in [0.3, 0.4) is 0 Å². The Morgan fingerprint density at radius 1 is 0.850 bits per heavy atom. The Labute approximate surface area is 242 Å². The second-order valence-electron chi connectivity index (χ2n) is 10.2. The van der Waals surface area contributed by atoms with E-state index >= 15 is 0 Å². The molecule has 4 heterocycles. The van der Waals surface area contributed by atoms with Gasteiger partial charge in [-0.15, -0.1) is 22.7 Å². The number of fused-ring (bicyclic) bond motifs is 1. The number of hydrogen-bond acceptors (Lipinski definition) is 7. The van der Waals surface area contributed by atoms with E-state index in [4.69, 9.17) is 4.74 Å². The number of nitrogens with zero attached hydrogens (tertiary/aromatic N) is 2. The first-order chi connectivity index (χ1) is 19.6. The highest BCUT2D eigenvalue weighted by Gasteiger charge is 2.27. The first-order valence-electron chi connectivity index (χ1n) is 13.8. The molecule has 0 spiro atoms. The second-order valence-corrected chi connectivity index (χ2v) is 12.5. The number of thiophene rings is 2. The third kappa shape index (κ3) is 6.33. The number of carbonyl (C=O) groups excluding carboxylic acids is 2. The smallest absolute Gasteiger partial charge is 0.266 e. The van der Waals surface area contributed by atoms with Crippen molar-refractivity contribution in [2.24, 2.45) is 0 Å². The van der Waals surface area contributed by atoms with Crippen LogP contribution < -0.4 is 10.6 Å². The van der Waals surface area contributed by atoms with Crippen molar-refractivity contribution < 1.29 is 14.3 Å². The molecule has 1 aliphatic heterocycles. The molecule has 1 saturated heterocycles. The van der Waals surface area contributed by atoms with Gasteiger partial charge in [0.2, 0.25) is 0 Å². The van der Waals surface area contributed by atoms with Crippen LogP contribution in [0.2, 0.25) is 0 Å². The lowest BCUT2D eigenvalue weighted by Crippen LogP contribution is -2.35. The zero-order valence-corrected chi connectivity index (χ0v) is 23.9. The van der Waals surface area contributed by atoms with E-state index in [0.29, 0.717) is 15.4 Å². The molecule has 3 aromatic heterocycles. The van der Waals surface area contributed by atoms with Crippen molar-refractivity contribution in [1.82, 2.24) is 9.88 Å². The molecule has 7 nitrogen and oxygen atoms in total. The average Bonchev–Trinajstić information content (AvgIpc) is 3.60. The summed E-state index contributed by atoms with van der Waals surface area (Å²) in [7, 11) is 0. The van der Waals surface area contributed by atoms with Gasteiger partial charge < -0.3 is 15.4 Å². The van der Waals surface area contributed by atoms with Gasteiger partial charge in [0.25, 0.3) is 11.8 Å². The minimum Gasteiger partial charge on any atom is -0.379 e. The van der Waals surface area contributed by atoms with E-state index < -0.39 is 0 Å². The molecule has 4 aromatic rings. The van der Waals surface area contributed by atoms with Crippen molar-refractivity contribution in [1.29, 1.82) is 0 Å². The van der Waals surface area contributed by atoms with Crippen LogP contribution in [0.5, 0.6) is 0 Å². The Bertz CT molecular complexity index is 1470. The molecule has 2 aliphatic rings. The van der Waals surface area contributed by atoms with Crippen LogP contribution in [0.15, 0.2) is 60.9 Å². The molecule has 0 bridgehead atoms. The number of nitrogens with one attached hydrogen (secondary N) is 2. The van der Waals surface area contributed by atoms with Gasteiger partial charge in [-0.05, 0) is 85.2 Å². The maximum Gasteiger partial charge on any atom is 0.266 e. The van der Waals surface area contributed by atoms with Crippen LogP contribution in [-0.2, 0) is 30.5 Å². The van der Waals surface area contributed by atoms with E-state index in [2.05, 4.69) is 20.5 Å². The van der Waals surface area contributed by atoms with Gasteiger partial charge in [-0.1, -0.05) is 12.1 Å². The van der Waals surface area contributed by atoms with E-state index in [-0.39, 0.29) is 11.8 Å². The summed E-state index contributed by atoms with van der Waals surface area (Å²) in [5, 5.41) is 6.82. The molecule has 1 aromatic carbocycles. The van der Waals surface area contributed by atoms with Crippen LogP contribution >= 0.6 is 22.7 Å². The Morgan fingerprint density at radius 3 is 2.40 bits per heavy atom. The summed E-state index contributed by atoms with van der Waals surface area (Å²) in [5.74, 6) is -0.331. The minimum absolute atomic E-state index is 0.161. The number of carbonyl (C=O) groups is 2. The molecule has 0 unspecified atom stereocenters. The number of ether oxygens (including phenoxy) is 1. The monoisotopic (exact) mass is 572 g/mol. The van der Waals surface area contributed by atoms with Crippen LogP contribution in [0.4, 0.5) is 10.7 Å². The molecule has 206 valence electrons. The van der Waals surface area contributed by atoms with Crippen LogP contribution in [-0.4, -0.2) is 48.0 Å². The van der Waals surface area contributed by atoms with Crippen LogP contribution in [0.1, 0.15) is 59.3 Å². The third-order valence-corrected chi connectivity index (χ3v) is 9.64. The zero-order chi connectivity index (χ0) is 27.3. The largest absolute Gasteiger partial charge is 0.379 e. The molecule has 0 atom stereocenters. The molecule has 0 radical (unpaired) electrons. The molecule has 2 amide bonds. The highest BCUT2D eigenvalue weighted by atomic mass is 32.1. The van der Waals surface area contributed by atoms with Gasteiger partial charge in [-0.25, -0.2) is 0 Å². The number of hydrogen-bond donors (Lipinski definition) is 2. The highest BCUT2D eigenvalue weighted by Crippen LogP contribution is 2.39. The minimum atomic E-state index is -0.171. The lowest BCUT2D eigenvalue weighted by Gasteiger charge is -2.25. The van der Waals surface area contributed by atoms with Gasteiger partial charge in [0.1, 0.15) is 5.00 Å². The molecular formula is C31H32N4O3S2. The summed E-state index contributed by atoms with van der Waals surface area (Å²) in [4.78, 5) is 36.3. The summed E-state index contributed by atoms with van der Waals surface area (Å²) in [6, 6.07) is 15.9. The van der Waals surface area contributed by atoms with Crippen molar-refractivity contribution in [2.45, 2.75) is 38.6 Å². The number of anilines is 2. The standard InChI is InChI=1S/C31H32N4O3S2/c36-29(27-10-9-24(39-27)20-35-15-17-38-18-16-35)34-31-28(25-3-1-2-4-26(25)40-31)30(37)33-23-7-5-21(6-8-23)19-22-11-13-32-14-12-22/h5-14H,1-4,15-20H2,(H,33,37)(H,34,36). The summed E-state index contributed by atoms with van der Waals surface area (Å²) < 4.78 is 5.44. The fourth-order valence-corrected chi connectivity index (χ4v) is 7.49. The van der Waals surface area contributed by atoms with E-state index in [9.17, 15) is 9.59 Å². The number of morpholine rings is 1. The Kier molecular flexibility index (Phi) is 8.34. The summed E-state index contributed by atoms with van der Waals surface area (Å²) in [5.41, 5.74) is 4.78. The van der Waals surface area contributed by atoms with Crippen LogP contribution in [0, 0.1) is 0 Å². The van der Waals surface area contributed by atoms with Crippen LogP contribution in [0.25, 0.3) is 0 Å². The second kappa shape index (κ2) is 12.4. The molecule has 6 rings (SSSR count). The highest BCUT2D eigenvalue weighted by molar-refractivity contribution is 7.17. The number of benzene rings is 1. The quantitative estimate of drug-likeness (QED) is 0.270. The van der Waals surface area contributed by atoms with E-state index in [1.165, 1.54) is 21.8 Å². The molecule has 1 aliphatic carbocycles. The number of pyridine rings is 1. The SMILES string of the molecule is O=C(Nc1sc2c(c1C(=O)Nc1ccc(Cc3ccncc3)cc1)CCCC2)c1ccc(CN2CCOCC2)s1. The lowest BCUT2D eigenvalue weighted by molar-refractivity contribution is 0.0346. The molecule has 9 heteroatoms. The zero-order valence-electron chi connectivity index (χ0n) is 22.3. The van der Waals surface area contributed by atoms with Gasteiger partial charge in [0, 0.05) is 47.5 Å². The topological polar surface area (TPSA) is 83.6 Å². The first-order valence-corrected chi connectivity index (χ1v) is 15.4. The van der Waals surface area contributed by atoms with Crippen molar-refractivity contribution >= 4 is 45.2 Å². The van der Waals surface area contributed by atoms with Gasteiger partial charge in [0.05, 0.1) is 23.7 Å². The van der Waals surface area contributed by atoms with Crippen molar-refractivity contribution in [3.63, 3.8) is 0 Å². The number of aromatic nitrogens is 1. The fourth-order valence-electron chi connectivity index (χ4n) is 5.26. The van der Waals surface area contributed by atoms with Gasteiger partial charge >= 0.3 is 0 Å². The molecular weight excluding hydrogens is 541 g/mol. The maximum atomic E-state index is 13.6. The number of aryl methyl sites for hydroxylation is 1. The predicted octanol–water partition coefficient (Wildman–Crippen LogP) is 6.01. The fraction of sp³-hybridized carbons (Fsp3) is 0.323. The van der Waals surface area contributed by atoms with E-state index in [1.807, 2.05) is 48.5 Å². The summed E-state index contributed by atoms with van der Waals surface area (Å²) >= 11 is 3.06. The number of amides is 2. The van der Waals surface area contributed by atoms with Crippen molar-refractivity contribution in [2.75, 3.05) is 36.9 Å². The predicted molar refractivity (Wildman–Crippen MR) is 161 cm³/mol. The Balaban J connectivity index is 1.16. The summed E-state index contributed by atoms with van der Waals surface area (Å²) in [6.45, 7) is 4.15. The van der Waals surface area contributed by atoms with E-state index in [1.54, 1.807) is 23.7 Å². The van der Waals surface area contributed by atoms with Gasteiger partial charge in [-0.3, -0.25) is 19.5 Å². The maximum absolute atomic E-state index is 13.6. The van der Waals surface area contributed by atoms with Crippen molar-refractivity contribution in [3.05, 3.63) is 97.8 Å². The average molecular weight is 573 g/mol. The Hall–Kier alpha value is -3.37. The van der Waals surface area contributed by atoms with E-state index in [0.717, 1.165) is 86.6 Å². The van der Waals surface area contributed by atoms with Gasteiger partial charge in [0.15, 0.2) is 0 Å². The number of rotatable bonds is 8. The Morgan fingerprint density at radius 2 is 1.60 bits per heavy atom. The molecule has 0 saturated carbocycles. The van der Waals surface area contributed by atoms with Crippen molar-refractivity contribution in [3.8, 4) is 0 Å².